The van der Waals surface area contributed by atoms with Crippen molar-refractivity contribution in [3.05, 3.63) is 88.7 Å². The van der Waals surface area contributed by atoms with Gasteiger partial charge in [-0.15, -0.1) is 0 Å². The molecule has 9 nitrogen and oxygen atoms in total. The zero-order chi connectivity index (χ0) is 25.9. The first-order chi connectivity index (χ1) is 17.1. The van der Waals surface area contributed by atoms with E-state index in [1.807, 2.05) is 6.07 Å². The number of aliphatic hydroxyl groups is 3. The van der Waals surface area contributed by atoms with E-state index in [0.717, 1.165) is 5.56 Å². The summed E-state index contributed by atoms with van der Waals surface area (Å²) in [5.41, 5.74) is 2.65. The van der Waals surface area contributed by atoms with Crippen LogP contribution in [0.1, 0.15) is 23.1 Å². The van der Waals surface area contributed by atoms with Gasteiger partial charge in [-0.3, -0.25) is 14.4 Å². The smallest absolute Gasteiger partial charge is 0.255 e. The molecule has 4 unspecified atom stereocenters. The van der Waals surface area contributed by atoms with E-state index < -0.39 is 64.5 Å². The normalized spacial score (nSPS) is 27.5. The van der Waals surface area contributed by atoms with Gasteiger partial charge in [-0.2, -0.15) is 0 Å². The Balaban J connectivity index is 1.74. The third kappa shape index (κ3) is 3.13. The van der Waals surface area contributed by atoms with Gasteiger partial charge in [0, 0.05) is 18.3 Å². The van der Waals surface area contributed by atoms with Gasteiger partial charge in [-0.1, -0.05) is 49.0 Å². The van der Waals surface area contributed by atoms with Gasteiger partial charge in [-0.05, 0) is 22.8 Å². The van der Waals surface area contributed by atoms with Crippen LogP contribution in [0.15, 0.2) is 72.0 Å². The molecule has 184 valence electrons. The molecule has 9 heteroatoms. The third-order valence-corrected chi connectivity index (χ3v) is 7.23. The Morgan fingerprint density at radius 2 is 1.78 bits per heavy atom. The van der Waals surface area contributed by atoms with Gasteiger partial charge in [0.15, 0.2) is 11.4 Å². The Morgan fingerprint density at radius 1 is 1.08 bits per heavy atom. The third-order valence-electron chi connectivity index (χ3n) is 7.23. The molecule has 0 aliphatic heterocycles. The lowest BCUT2D eigenvalue weighted by molar-refractivity contribution is -0.164. The summed E-state index contributed by atoms with van der Waals surface area (Å²) in [5, 5.41) is 44.2. The number of aliphatic hydroxyl groups excluding tert-OH is 2. The minimum absolute atomic E-state index is 0.0122. The maximum Gasteiger partial charge on any atom is 0.255 e. The second-order valence-electron chi connectivity index (χ2n) is 9.14. The highest BCUT2D eigenvalue weighted by Gasteiger charge is 2.65. The van der Waals surface area contributed by atoms with Crippen LogP contribution in [-0.4, -0.2) is 49.6 Å². The number of ether oxygens (including phenoxy) is 1. The molecule has 3 aliphatic rings. The molecule has 0 saturated heterocycles. The molecule has 6 N–H and O–H groups in total. The Morgan fingerprint density at radius 3 is 2.44 bits per heavy atom. The number of hydrogen-bond acceptors (Lipinski definition) is 8. The number of benzene rings is 2. The number of amides is 1. The number of hydrogen-bond donors (Lipinski definition) is 5. The second kappa shape index (κ2) is 8.18. The molecule has 2 aromatic rings. The summed E-state index contributed by atoms with van der Waals surface area (Å²) in [7, 11) is 0. The number of fused-ring (bicyclic) bond motifs is 3. The van der Waals surface area contributed by atoms with Crippen LogP contribution >= 0.6 is 0 Å². The summed E-state index contributed by atoms with van der Waals surface area (Å²) in [6.45, 7) is 4.11. The number of phenols is 1. The van der Waals surface area contributed by atoms with Crippen molar-refractivity contribution in [2.24, 2.45) is 17.6 Å². The SMILES string of the molecule is C=C1c2cccc(O)c2C(O)=C2C(=O)C3(O)C(O)=C(C(N)=O)C(=O)CC3C(OCc3ccccc3)C12. The van der Waals surface area contributed by atoms with E-state index in [0.29, 0.717) is 11.1 Å². The van der Waals surface area contributed by atoms with Gasteiger partial charge in [0.1, 0.15) is 22.8 Å². The number of Topliss-reactive ketones (excluding diaryl/α,β-unsaturated/α-hetero) is 2. The predicted octanol–water partition coefficient (Wildman–Crippen LogP) is 2.09. The summed E-state index contributed by atoms with van der Waals surface area (Å²) >= 11 is 0. The van der Waals surface area contributed by atoms with Crippen molar-refractivity contribution in [3.63, 3.8) is 0 Å². The zero-order valence-electron chi connectivity index (χ0n) is 19.0. The second-order valence-corrected chi connectivity index (χ2v) is 9.14. The molecule has 36 heavy (non-hydrogen) atoms. The molecule has 5 rings (SSSR count). The summed E-state index contributed by atoms with van der Waals surface area (Å²) < 4.78 is 6.19. The van der Waals surface area contributed by atoms with Crippen molar-refractivity contribution < 1.29 is 39.5 Å². The number of primary amides is 1. The van der Waals surface area contributed by atoms with Crippen molar-refractivity contribution in [1.82, 2.24) is 0 Å². The maximum atomic E-state index is 13.8. The molecule has 1 fully saturated rings. The number of carbonyl (C=O) groups excluding carboxylic acids is 3. The number of phenolic OH excluding ortho intramolecular Hbond substituents is 1. The van der Waals surface area contributed by atoms with Crippen LogP contribution in [0.4, 0.5) is 0 Å². The fourth-order valence-electron chi connectivity index (χ4n) is 5.54. The van der Waals surface area contributed by atoms with E-state index >= 15 is 0 Å². The van der Waals surface area contributed by atoms with E-state index in [2.05, 4.69) is 6.58 Å². The highest BCUT2D eigenvalue weighted by atomic mass is 16.5. The van der Waals surface area contributed by atoms with Gasteiger partial charge < -0.3 is 30.9 Å². The number of aromatic hydroxyl groups is 1. The minimum atomic E-state index is -2.78. The number of rotatable bonds is 4. The lowest BCUT2D eigenvalue weighted by atomic mass is 9.57. The van der Waals surface area contributed by atoms with Crippen LogP contribution in [0, 0.1) is 11.8 Å². The van der Waals surface area contributed by atoms with Crippen molar-refractivity contribution in [2.45, 2.75) is 24.7 Å². The fourth-order valence-corrected chi connectivity index (χ4v) is 5.54. The summed E-state index contributed by atoms with van der Waals surface area (Å²) in [4.78, 5) is 38.5. The van der Waals surface area contributed by atoms with Crippen LogP contribution in [-0.2, 0) is 25.7 Å². The van der Waals surface area contributed by atoms with Crippen molar-refractivity contribution in [1.29, 1.82) is 0 Å². The molecule has 0 spiro atoms. The number of ketones is 2. The minimum Gasteiger partial charge on any atom is -0.508 e. The molecule has 0 aromatic heterocycles. The van der Waals surface area contributed by atoms with E-state index in [1.54, 1.807) is 36.4 Å². The highest BCUT2D eigenvalue weighted by molar-refractivity contribution is 6.23. The zero-order valence-corrected chi connectivity index (χ0v) is 19.0. The van der Waals surface area contributed by atoms with E-state index in [4.69, 9.17) is 10.5 Å². The molecule has 1 amide bonds. The Hall–Kier alpha value is -4.21. The predicted molar refractivity (Wildman–Crippen MR) is 127 cm³/mol. The van der Waals surface area contributed by atoms with Crippen LogP contribution in [0.5, 0.6) is 5.75 Å². The standard InChI is InChI=1S/C27H23NO8/c1-12-14-8-5-9-16(29)19(14)22(31)21-18(12)23(36-11-13-6-3-2-4-7-13)15-10-17(30)20(26(28)34)24(32)27(15,35)25(21)33/h2-9,15,18,23,29,31-32,35H,1,10-11H2,(H2,28,34). The van der Waals surface area contributed by atoms with Gasteiger partial charge in [0.2, 0.25) is 5.78 Å². The largest absolute Gasteiger partial charge is 0.508 e. The summed E-state index contributed by atoms with van der Waals surface area (Å²) in [6.07, 6.45) is -1.65. The van der Waals surface area contributed by atoms with Gasteiger partial charge >= 0.3 is 0 Å². The Kier molecular flexibility index (Phi) is 5.35. The average Bonchev–Trinajstić information content (AvgIpc) is 2.84. The van der Waals surface area contributed by atoms with E-state index in [9.17, 15) is 34.8 Å². The van der Waals surface area contributed by atoms with Crippen LogP contribution in [0.3, 0.4) is 0 Å². The first kappa shape index (κ1) is 23.5. The first-order valence-electron chi connectivity index (χ1n) is 11.2. The molecule has 0 heterocycles. The van der Waals surface area contributed by atoms with Crippen molar-refractivity contribution in [2.75, 3.05) is 0 Å². The molecular weight excluding hydrogens is 466 g/mol. The van der Waals surface area contributed by atoms with Gasteiger partial charge in [-0.25, -0.2) is 0 Å². The molecule has 0 bridgehead atoms. The molecule has 4 atom stereocenters. The topological polar surface area (TPSA) is 167 Å². The Labute approximate surface area is 205 Å². The lowest BCUT2D eigenvalue weighted by Gasteiger charge is -2.50. The first-order valence-corrected chi connectivity index (χ1v) is 11.2. The quantitative estimate of drug-likeness (QED) is 0.407. The van der Waals surface area contributed by atoms with Gasteiger partial charge in [0.25, 0.3) is 5.91 Å². The highest BCUT2D eigenvalue weighted by Crippen LogP contribution is 2.55. The van der Waals surface area contributed by atoms with Crippen molar-refractivity contribution >= 4 is 28.8 Å². The number of nitrogens with two attached hydrogens (primary N) is 1. The fraction of sp³-hybridized carbons (Fsp3) is 0.222. The summed E-state index contributed by atoms with van der Waals surface area (Å²) in [5.74, 6) is -7.72. The molecule has 3 aliphatic carbocycles. The molecular formula is C27H23NO8. The summed E-state index contributed by atoms with van der Waals surface area (Å²) in [6, 6.07) is 13.5. The van der Waals surface area contributed by atoms with Crippen LogP contribution in [0.2, 0.25) is 0 Å². The monoisotopic (exact) mass is 489 g/mol. The van der Waals surface area contributed by atoms with Crippen LogP contribution in [0.25, 0.3) is 11.3 Å². The van der Waals surface area contributed by atoms with Crippen LogP contribution < -0.4 is 5.73 Å². The Bertz CT molecular complexity index is 1410. The molecule has 1 saturated carbocycles. The maximum absolute atomic E-state index is 13.8. The van der Waals surface area contributed by atoms with E-state index in [-0.39, 0.29) is 23.5 Å². The van der Waals surface area contributed by atoms with Gasteiger partial charge in [0.05, 0.1) is 23.8 Å². The average molecular weight is 489 g/mol. The van der Waals surface area contributed by atoms with Crippen molar-refractivity contribution in [3.8, 4) is 5.75 Å². The lowest BCUT2D eigenvalue weighted by Crippen LogP contribution is -2.63. The van der Waals surface area contributed by atoms with E-state index in [1.165, 1.54) is 6.07 Å². The molecule has 2 aromatic carbocycles. The molecule has 0 radical (unpaired) electrons. The number of carbonyl (C=O) groups is 3.